The van der Waals surface area contributed by atoms with Crippen LogP contribution in [0, 0.1) is 0 Å². The van der Waals surface area contributed by atoms with Crippen molar-refractivity contribution in [3.05, 3.63) is 122 Å². The number of phosphoric acid groups is 1. The number of carbonyl (C=O) groups is 2. The predicted molar refractivity (Wildman–Crippen MR) is 369 cm³/mol. The van der Waals surface area contributed by atoms with E-state index >= 15 is 0 Å². The van der Waals surface area contributed by atoms with Crippen LogP contribution in [0.1, 0.15) is 296 Å². The molecule has 0 aromatic heterocycles. The number of esters is 2. The van der Waals surface area contributed by atoms with Gasteiger partial charge in [0.2, 0.25) is 0 Å². The largest absolute Gasteiger partial charge is 0.756 e. The molecule has 86 heavy (non-hydrogen) atoms. The SMILES string of the molecule is CC/C=C\C/C=C\C/C=C\C/C=C\C/C=C\C/C=C\C/C=C\C/C=C\C/C=C\C/C=C\CCCCCCCCC(=O)OC(COC(=O)CCCCCCCCCCCCCCCCCCCCCCCCCCC)COP(=O)([O-])OCC[N+](C)(C)C. The molecule has 0 aliphatic rings. The Bertz CT molecular complexity index is 1870. The first-order valence-corrected chi connectivity index (χ1v) is 36.7. The number of phosphoric ester groups is 1. The molecule has 0 aliphatic carbocycles. The van der Waals surface area contributed by atoms with Crippen LogP contribution in [0.15, 0.2) is 122 Å². The summed E-state index contributed by atoms with van der Waals surface area (Å²) in [5.74, 6) is -0.846. The quantitative estimate of drug-likeness (QED) is 0.0195. The zero-order valence-corrected chi connectivity index (χ0v) is 57.1. The van der Waals surface area contributed by atoms with Crippen molar-refractivity contribution in [2.45, 2.75) is 302 Å². The van der Waals surface area contributed by atoms with E-state index in [9.17, 15) is 19.0 Å². The Morgan fingerprint density at radius 2 is 0.663 bits per heavy atom. The van der Waals surface area contributed by atoms with E-state index in [-0.39, 0.29) is 32.0 Å². The second-order valence-corrected chi connectivity index (χ2v) is 25.9. The molecule has 0 saturated heterocycles. The molecule has 0 rings (SSSR count). The lowest BCUT2D eigenvalue weighted by Gasteiger charge is -2.28. The molecule has 2 unspecified atom stereocenters. The highest BCUT2D eigenvalue weighted by molar-refractivity contribution is 7.45. The van der Waals surface area contributed by atoms with Crippen molar-refractivity contribution in [2.75, 3.05) is 47.5 Å². The van der Waals surface area contributed by atoms with Crippen molar-refractivity contribution < 1.29 is 42.1 Å². The number of nitrogens with zero attached hydrogens (tertiary/aromatic N) is 1. The van der Waals surface area contributed by atoms with Crippen LogP contribution in [0.25, 0.3) is 0 Å². The van der Waals surface area contributed by atoms with Gasteiger partial charge in [-0.2, -0.15) is 0 Å². The van der Waals surface area contributed by atoms with Gasteiger partial charge in [0.05, 0.1) is 27.7 Å². The molecule has 9 nitrogen and oxygen atoms in total. The van der Waals surface area contributed by atoms with E-state index in [0.29, 0.717) is 17.4 Å². The summed E-state index contributed by atoms with van der Waals surface area (Å²) in [5.41, 5.74) is 0. The molecule has 10 heteroatoms. The van der Waals surface area contributed by atoms with Crippen LogP contribution in [-0.4, -0.2) is 70.0 Å². The minimum atomic E-state index is -4.65. The van der Waals surface area contributed by atoms with Gasteiger partial charge in [0.1, 0.15) is 19.8 Å². The van der Waals surface area contributed by atoms with Crippen LogP contribution in [-0.2, 0) is 32.7 Å². The van der Waals surface area contributed by atoms with E-state index < -0.39 is 26.5 Å². The van der Waals surface area contributed by atoms with Gasteiger partial charge < -0.3 is 27.9 Å². The smallest absolute Gasteiger partial charge is 0.306 e. The molecule has 0 heterocycles. The number of ether oxygens (including phenoxy) is 2. The highest BCUT2D eigenvalue weighted by atomic mass is 31.2. The first-order chi connectivity index (χ1) is 42.0. The van der Waals surface area contributed by atoms with Gasteiger partial charge in [-0.25, -0.2) is 0 Å². The van der Waals surface area contributed by atoms with Gasteiger partial charge in [-0.1, -0.05) is 315 Å². The number of allylic oxidation sites excluding steroid dienone is 20. The Labute approximate surface area is 530 Å². The van der Waals surface area contributed by atoms with Crippen molar-refractivity contribution >= 4 is 19.8 Å². The molecule has 0 amide bonds. The summed E-state index contributed by atoms with van der Waals surface area (Å²) < 4.78 is 34.3. The van der Waals surface area contributed by atoms with E-state index in [4.69, 9.17) is 18.5 Å². The molecule has 0 radical (unpaired) electrons. The van der Waals surface area contributed by atoms with Gasteiger partial charge in [-0.15, -0.1) is 0 Å². The van der Waals surface area contributed by atoms with Crippen molar-refractivity contribution in [1.82, 2.24) is 0 Å². The number of rotatable bonds is 64. The van der Waals surface area contributed by atoms with E-state index in [1.54, 1.807) is 0 Å². The summed E-state index contributed by atoms with van der Waals surface area (Å²) in [5, 5.41) is 0. The lowest BCUT2D eigenvalue weighted by Crippen LogP contribution is -2.37. The summed E-state index contributed by atoms with van der Waals surface area (Å²) in [6.45, 7) is 4.14. The number of likely N-dealkylation sites (N-methyl/N-ethyl adjacent to an activating group) is 1. The van der Waals surface area contributed by atoms with Crippen molar-refractivity contribution in [2.24, 2.45) is 0 Å². The Morgan fingerprint density at radius 3 is 0.988 bits per heavy atom. The molecule has 0 fully saturated rings. The highest BCUT2D eigenvalue weighted by Gasteiger charge is 2.22. The van der Waals surface area contributed by atoms with E-state index in [2.05, 4.69) is 135 Å². The van der Waals surface area contributed by atoms with Gasteiger partial charge in [0.15, 0.2) is 6.10 Å². The Balaban J connectivity index is 4.13. The van der Waals surface area contributed by atoms with Gasteiger partial charge in [-0.05, 0) is 89.9 Å². The first kappa shape index (κ1) is 82.4. The van der Waals surface area contributed by atoms with Gasteiger partial charge in [-0.3, -0.25) is 14.2 Å². The van der Waals surface area contributed by atoms with Gasteiger partial charge in [0, 0.05) is 12.8 Å². The molecule has 0 bridgehead atoms. The first-order valence-electron chi connectivity index (χ1n) is 35.2. The third kappa shape index (κ3) is 69.5. The average Bonchev–Trinajstić information content (AvgIpc) is 3.67. The molecule has 0 aromatic rings. The average molecular weight is 1220 g/mol. The molecular weight excluding hydrogens is 1090 g/mol. The van der Waals surface area contributed by atoms with Crippen LogP contribution in [0.3, 0.4) is 0 Å². The molecule has 0 saturated carbocycles. The number of carbonyl (C=O) groups excluding carboxylic acids is 2. The summed E-state index contributed by atoms with van der Waals surface area (Å²) in [6.07, 6.45) is 94.2. The fourth-order valence-electron chi connectivity index (χ4n) is 9.63. The summed E-state index contributed by atoms with van der Waals surface area (Å²) in [6, 6.07) is 0. The van der Waals surface area contributed by atoms with Crippen LogP contribution >= 0.6 is 7.82 Å². The maximum atomic E-state index is 12.9. The number of hydrogen-bond acceptors (Lipinski definition) is 8. The summed E-state index contributed by atoms with van der Waals surface area (Å²) in [7, 11) is 1.15. The lowest BCUT2D eigenvalue weighted by atomic mass is 10.0. The standard InChI is InChI=1S/C76H132NO8P/c1-6-8-10-12-14-16-18-20-22-24-26-28-30-32-33-34-35-36-37-38-39-40-41-42-43-45-47-49-51-53-55-57-59-61-63-65-67-69-76(79)85-74(73-84-86(80,81)83-71-70-77(3,4)5)72-82-75(78)68-66-64-62-60-58-56-54-52-50-48-46-44-31-29-27-25-23-21-19-17-15-13-11-9-7-2/h8,10,14,16,20,22,26,28,32-33,35-36,38-39,41-42,45,47,51,53,74H,6-7,9,11-13,15,17-19,21,23-25,27,29-31,34,37,40,43-44,46,48-50,52,54-73H2,1-5H3/b10-8-,16-14-,22-20-,28-26-,33-32-,36-35-,39-38-,42-41-,47-45-,53-51-. The number of quaternary nitrogens is 1. The van der Waals surface area contributed by atoms with Gasteiger partial charge >= 0.3 is 11.9 Å². The molecule has 494 valence electrons. The molecule has 0 aliphatic heterocycles. The van der Waals surface area contributed by atoms with Crippen molar-refractivity contribution in [3.63, 3.8) is 0 Å². The van der Waals surface area contributed by atoms with Gasteiger partial charge in [0.25, 0.3) is 7.82 Å². The van der Waals surface area contributed by atoms with E-state index in [1.807, 2.05) is 21.1 Å². The second kappa shape index (κ2) is 65.8. The number of hydrogen-bond donors (Lipinski definition) is 0. The molecule has 0 aromatic carbocycles. The van der Waals surface area contributed by atoms with Crippen molar-refractivity contribution in [1.29, 1.82) is 0 Å². The van der Waals surface area contributed by atoms with E-state index in [0.717, 1.165) is 122 Å². The third-order valence-electron chi connectivity index (χ3n) is 15.0. The summed E-state index contributed by atoms with van der Waals surface area (Å²) >= 11 is 0. The van der Waals surface area contributed by atoms with Crippen LogP contribution in [0.2, 0.25) is 0 Å². The second-order valence-electron chi connectivity index (χ2n) is 24.5. The molecular formula is C76H132NO8P. The van der Waals surface area contributed by atoms with Crippen LogP contribution < -0.4 is 4.89 Å². The zero-order chi connectivity index (χ0) is 62.6. The maximum absolute atomic E-state index is 12.9. The Hall–Kier alpha value is -3.59. The summed E-state index contributed by atoms with van der Waals surface area (Å²) in [4.78, 5) is 38.1. The fourth-order valence-corrected chi connectivity index (χ4v) is 10.4. The third-order valence-corrected chi connectivity index (χ3v) is 16.0. The van der Waals surface area contributed by atoms with Crippen LogP contribution in [0.5, 0.6) is 0 Å². The minimum Gasteiger partial charge on any atom is -0.756 e. The minimum absolute atomic E-state index is 0.0382. The Morgan fingerprint density at radius 1 is 0.372 bits per heavy atom. The zero-order valence-electron chi connectivity index (χ0n) is 56.2. The number of unbranched alkanes of at least 4 members (excludes halogenated alkanes) is 30. The molecule has 2 atom stereocenters. The normalized spacial score (nSPS) is 13.9. The Kier molecular flexibility index (Phi) is 63.1. The van der Waals surface area contributed by atoms with Crippen molar-refractivity contribution in [3.8, 4) is 0 Å². The lowest BCUT2D eigenvalue weighted by molar-refractivity contribution is -0.870. The molecule has 0 spiro atoms. The highest BCUT2D eigenvalue weighted by Crippen LogP contribution is 2.38. The predicted octanol–water partition coefficient (Wildman–Crippen LogP) is 22.4. The van der Waals surface area contributed by atoms with E-state index in [1.165, 1.54) is 141 Å². The van der Waals surface area contributed by atoms with Crippen LogP contribution in [0.4, 0.5) is 0 Å². The maximum Gasteiger partial charge on any atom is 0.306 e. The fraction of sp³-hybridized carbons (Fsp3) is 0.711. The molecule has 0 N–H and O–H groups in total. The monoisotopic (exact) mass is 1220 g/mol. The topological polar surface area (TPSA) is 111 Å².